The highest BCUT2D eigenvalue weighted by molar-refractivity contribution is 6.55. The highest BCUT2D eigenvalue weighted by atomic mass is 35.5. The van der Waals surface area contributed by atoms with Crippen LogP contribution in [0, 0.1) is 0 Å². The van der Waals surface area contributed by atoms with E-state index >= 15 is 0 Å². The predicted molar refractivity (Wildman–Crippen MR) is 48.3 cm³/mol. The third-order valence-electron chi connectivity index (χ3n) is 1.70. The molecule has 0 N–H and O–H groups in total. The SMILES string of the molecule is COC1(C)C=C(Cl)C(=O)C(Cl)=C1. The highest BCUT2D eigenvalue weighted by Crippen LogP contribution is 2.28. The lowest BCUT2D eigenvalue weighted by Crippen LogP contribution is -2.26. The van der Waals surface area contributed by atoms with E-state index in [2.05, 4.69) is 0 Å². The van der Waals surface area contributed by atoms with E-state index in [-0.39, 0.29) is 15.8 Å². The molecule has 0 aromatic heterocycles. The maximum atomic E-state index is 11.1. The third kappa shape index (κ3) is 1.71. The zero-order valence-corrected chi connectivity index (χ0v) is 8.24. The van der Waals surface area contributed by atoms with E-state index in [1.807, 2.05) is 0 Å². The molecule has 0 radical (unpaired) electrons. The summed E-state index contributed by atoms with van der Waals surface area (Å²) in [6.07, 6.45) is 3.06. The number of ether oxygens (including phenoxy) is 1. The predicted octanol–water partition coefficient (Wildman–Crippen LogP) is 2.22. The Labute approximate surface area is 80.8 Å². The number of carbonyl (C=O) groups is 1. The average molecular weight is 207 g/mol. The Kier molecular flexibility index (Phi) is 2.61. The first-order valence-corrected chi connectivity index (χ1v) is 4.11. The molecule has 0 heterocycles. The number of carbonyl (C=O) groups excluding carboxylic acids is 1. The molecule has 0 aromatic carbocycles. The average Bonchev–Trinajstić information content (AvgIpc) is 2.00. The molecule has 0 fully saturated rings. The minimum atomic E-state index is -0.665. The van der Waals surface area contributed by atoms with Crippen LogP contribution in [0.2, 0.25) is 0 Å². The van der Waals surface area contributed by atoms with E-state index in [0.29, 0.717) is 0 Å². The first-order valence-electron chi connectivity index (χ1n) is 3.35. The largest absolute Gasteiger partial charge is 0.370 e. The van der Waals surface area contributed by atoms with Crippen LogP contribution < -0.4 is 0 Å². The molecule has 4 heteroatoms. The molecule has 0 aromatic rings. The second kappa shape index (κ2) is 3.21. The Hall–Kier alpha value is -0.310. The van der Waals surface area contributed by atoms with Crippen LogP contribution in [-0.4, -0.2) is 18.5 Å². The number of hydrogen-bond acceptors (Lipinski definition) is 2. The molecular weight excluding hydrogens is 199 g/mol. The lowest BCUT2D eigenvalue weighted by Gasteiger charge is -2.24. The summed E-state index contributed by atoms with van der Waals surface area (Å²) >= 11 is 11.3. The second-order valence-corrected chi connectivity index (χ2v) is 3.52. The number of methoxy groups -OCH3 is 1. The fraction of sp³-hybridized carbons (Fsp3) is 0.375. The molecule has 0 amide bonds. The molecule has 66 valence electrons. The van der Waals surface area contributed by atoms with Gasteiger partial charge in [-0.25, -0.2) is 0 Å². The van der Waals surface area contributed by atoms with Crippen LogP contribution in [0.1, 0.15) is 6.92 Å². The molecule has 0 atom stereocenters. The van der Waals surface area contributed by atoms with Crippen molar-refractivity contribution >= 4 is 29.0 Å². The molecule has 2 nitrogen and oxygen atoms in total. The summed E-state index contributed by atoms with van der Waals surface area (Å²) in [7, 11) is 1.52. The van der Waals surface area contributed by atoms with Crippen LogP contribution in [0.5, 0.6) is 0 Å². The van der Waals surface area contributed by atoms with Crippen molar-refractivity contribution in [2.75, 3.05) is 7.11 Å². The van der Waals surface area contributed by atoms with Crippen molar-refractivity contribution in [3.05, 3.63) is 22.2 Å². The molecule has 1 aliphatic carbocycles. The fourth-order valence-corrected chi connectivity index (χ4v) is 1.59. The second-order valence-electron chi connectivity index (χ2n) is 2.70. The maximum Gasteiger partial charge on any atom is 0.215 e. The van der Waals surface area contributed by atoms with Gasteiger partial charge in [-0.3, -0.25) is 4.79 Å². The van der Waals surface area contributed by atoms with Gasteiger partial charge in [-0.15, -0.1) is 0 Å². The maximum absolute atomic E-state index is 11.1. The molecule has 0 saturated carbocycles. The number of rotatable bonds is 1. The lowest BCUT2D eigenvalue weighted by atomic mass is 9.99. The van der Waals surface area contributed by atoms with Crippen molar-refractivity contribution in [1.29, 1.82) is 0 Å². The van der Waals surface area contributed by atoms with Crippen LogP contribution >= 0.6 is 23.2 Å². The van der Waals surface area contributed by atoms with Gasteiger partial charge in [-0.05, 0) is 19.1 Å². The van der Waals surface area contributed by atoms with E-state index in [1.165, 1.54) is 19.3 Å². The van der Waals surface area contributed by atoms with Crippen molar-refractivity contribution < 1.29 is 9.53 Å². The number of allylic oxidation sites excluding steroid dienone is 2. The van der Waals surface area contributed by atoms with Gasteiger partial charge >= 0.3 is 0 Å². The fourth-order valence-electron chi connectivity index (χ4n) is 0.908. The number of Topliss-reactive ketones (excluding diaryl/α,β-unsaturated/α-hetero) is 1. The van der Waals surface area contributed by atoms with Gasteiger partial charge in [-0.2, -0.15) is 0 Å². The Morgan fingerprint density at radius 2 is 1.75 bits per heavy atom. The summed E-state index contributed by atoms with van der Waals surface area (Å²) in [5.74, 6) is -0.354. The van der Waals surface area contributed by atoms with Crippen molar-refractivity contribution in [2.24, 2.45) is 0 Å². The summed E-state index contributed by atoms with van der Waals surface area (Å²) in [6.45, 7) is 1.77. The normalized spacial score (nSPS) is 21.8. The summed E-state index contributed by atoms with van der Waals surface area (Å²) in [4.78, 5) is 11.1. The smallest absolute Gasteiger partial charge is 0.215 e. The summed E-state index contributed by atoms with van der Waals surface area (Å²) in [5, 5.41) is 0.207. The third-order valence-corrected chi connectivity index (χ3v) is 2.26. The number of halogens is 2. The minimum Gasteiger partial charge on any atom is -0.370 e. The van der Waals surface area contributed by atoms with Crippen molar-refractivity contribution in [3.63, 3.8) is 0 Å². The minimum absolute atomic E-state index is 0.104. The zero-order valence-electron chi connectivity index (χ0n) is 6.73. The van der Waals surface area contributed by atoms with Crippen LogP contribution in [0.4, 0.5) is 0 Å². The first-order chi connectivity index (χ1) is 5.48. The summed E-state index contributed by atoms with van der Waals surface area (Å²) in [6, 6.07) is 0. The molecule has 0 spiro atoms. The molecular formula is C8H8Cl2O2. The van der Waals surface area contributed by atoms with Gasteiger partial charge in [-0.1, -0.05) is 23.2 Å². The molecule has 0 unspecified atom stereocenters. The Morgan fingerprint density at radius 3 is 2.08 bits per heavy atom. The van der Waals surface area contributed by atoms with Crippen molar-refractivity contribution in [1.82, 2.24) is 0 Å². The van der Waals surface area contributed by atoms with Gasteiger partial charge in [0, 0.05) is 7.11 Å². The zero-order chi connectivity index (χ0) is 9.35. The monoisotopic (exact) mass is 206 g/mol. The Morgan fingerprint density at radius 1 is 1.33 bits per heavy atom. The standard InChI is InChI=1S/C8H8Cl2O2/c1-8(12-2)3-5(9)7(11)6(10)4-8/h3-4H,1-2H3. The van der Waals surface area contributed by atoms with Gasteiger partial charge in [0.25, 0.3) is 0 Å². The number of ketones is 1. The van der Waals surface area contributed by atoms with E-state index < -0.39 is 5.60 Å². The number of hydrogen-bond donors (Lipinski definition) is 0. The van der Waals surface area contributed by atoms with Gasteiger partial charge < -0.3 is 4.74 Å². The van der Waals surface area contributed by atoms with Gasteiger partial charge in [0.1, 0.15) is 5.60 Å². The first kappa shape index (κ1) is 9.78. The molecule has 0 bridgehead atoms. The van der Waals surface area contributed by atoms with Crippen LogP contribution in [0.15, 0.2) is 22.2 Å². The van der Waals surface area contributed by atoms with Gasteiger partial charge in [0.15, 0.2) is 0 Å². The molecule has 1 aliphatic rings. The molecule has 12 heavy (non-hydrogen) atoms. The van der Waals surface area contributed by atoms with Gasteiger partial charge in [0.05, 0.1) is 10.1 Å². The Bertz CT molecular complexity index is 257. The summed E-state index contributed by atoms with van der Waals surface area (Å²) in [5.41, 5.74) is -0.665. The molecule has 0 saturated heterocycles. The quantitative estimate of drug-likeness (QED) is 0.658. The molecule has 1 rings (SSSR count). The van der Waals surface area contributed by atoms with E-state index in [9.17, 15) is 4.79 Å². The van der Waals surface area contributed by atoms with E-state index in [4.69, 9.17) is 27.9 Å². The van der Waals surface area contributed by atoms with Crippen LogP contribution in [0.3, 0.4) is 0 Å². The van der Waals surface area contributed by atoms with Crippen LogP contribution in [0.25, 0.3) is 0 Å². The highest BCUT2D eigenvalue weighted by Gasteiger charge is 2.28. The van der Waals surface area contributed by atoms with Crippen molar-refractivity contribution in [3.8, 4) is 0 Å². The lowest BCUT2D eigenvalue weighted by molar-refractivity contribution is -0.111. The Balaban J connectivity index is 3.07. The van der Waals surface area contributed by atoms with Gasteiger partial charge in [0.2, 0.25) is 5.78 Å². The van der Waals surface area contributed by atoms with E-state index in [1.54, 1.807) is 6.92 Å². The molecule has 0 aliphatic heterocycles. The van der Waals surface area contributed by atoms with E-state index in [0.717, 1.165) is 0 Å². The van der Waals surface area contributed by atoms with Crippen molar-refractivity contribution in [2.45, 2.75) is 12.5 Å². The summed E-state index contributed by atoms with van der Waals surface area (Å²) < 4.78 is 5.09. The topological polar surface area (TPSA) is 26.3 Å². The van der Waals surface area contributed by atoms with Crippen LogP contribution in [-0.2, 0) is 9.53 Å².